The van der Waals surface area contributed by atoms with Crippen LogP contribution in [-0.4, -0.2) is 25.8 Å². The molecule has 0 spiro atoms. The Kier molecular flexibility index (Phi) is 4.53. The maximum atomic E-state index is 12.6. The highest BCUT2D eigenvalue weighted by Crippen LogP contribution is 2.25. The van der Waals surface area contributed by atoms with Gasteiger partial charge in [-0.2, -0.15) is 5.10 Å². The summed E-state index contributed by atoms with van der Waals surface area (Å²) in [5.41, 5.74) is 2.30. The van der Waals surface area contributed by atoms with Gasteiger partial charge in [0, 0.05) is 6.54 Å². The molecule has 0 aliphatic rings. The molecule has 3 aromatic carbocycles. The zero-order valence-corrected chi connectivity index (χ0v) is 14.5. The van der Waals surface area contributed by atoms with Crippen LogP contribution in [-0.2, 0) is 13.1 Å². The van der Waals surface area contributed by atoms with Crippen LogP contribution in [0.2, 0.25) is 0 Å². The average Bonchev–Trinajstić information content (AvgIpc) is 3.19. The summed E-state index contributed by atoms with van der Waals surface area (Å²) < 4.78 is 1.73. The van der Waals surface area contributed by atoms with Gasteiger partial charge in [0.15, 0.2) is 0 Å². The fourth-order valence-corrected chi connectivity index (χ4v) is 3.05. The Morgan fingerprint density at radius 3 is 2.44 bits per heavy atom. The average molecular weight is 358 g/mol. The topological polar surface area (TPSA) is 80.0 Å². The van der Waals surface area contributed by atoms with E-state index in [9.17, 15) is 9.90 Å². The molecule has 0 unspecified atom stereocenters. The van der Waals surface area contributed by atoms with E-state index in [1.807, 2.05) is 48.5 Å². The maximum Gasteiger partial charge on any atom is 0.255 e. The summed E-state index contributed by atoms with van der Waals surface area (Å²) in [5.74, 6) is -0.337. The molecule has 1 aromatic heterocycles. The van der Waals surface area contributed by atoms with Crippen molar-refractivity contribution < 1.29 is 9.90 Å². The predicted molar refractivity (Wildman–Crippen MR) is 102 cm³/mol. The minimum absolute atomic E-state index is 0.0258. The first-order chi connectivity index (χ1) is 13.2. The van der Waals surface area contributed by atoms with Gasteiger partial charge >= 0.3 is 0 Å². The van der Waals surface area contributed by atoms with Crippen molar-refractivity contribution in [2.45, 2.75) is 13.1 Å². The second kappa shape index (κ2) is 7.29. The van der Waals surface area contributed by atoms with Gasteiger partial charge in [0.2, 0.25) is 0 Å². The van der Waals surface area contributed by atoms with Crippen molar-refractivity contribution in [1.82, 2.24) is 20.1 Å². The number of phenols is 1. The van der Waals surface area contributed by atoms with Gasteiger partial charge in [0.05, 0.1) is 12.1 Å². The lowest BCUT2D eigenvalue weighted by atomic mass is 10.0. The molecule has 0 saturated carbocycles. The smallest absolute Gasteiger partial charge is 0.255 e. The first-order valence-corrected chi connectivity index (χ1v) is 8.60. The van der Waals surface area contributed by atoms with Crippen LogP contribution < -0.4 is 5.32 Å². The van der Waals surface area contributed by atoms with Gasteiger partial charge in [-0.15, -0.1) is 0 Å². The van der Waals surface area contributed by atoms with Crippen LogP contribution in [0.3, 0.4) is 0 Å². The first kappa shape index (κ1) is 16.8. The van der Waals surface area contributed by atoms with Crippen LogP contribution in [0.15, 0.2) is 73.3 Å². The van der Waals surface area contributed by atoms with Crippen molar-refractivity contribution in [3.05, 3.63) is 90.0 Å². The van der Waals surface area contributed by atoms with E-state index < -0.39 is 0 Å². The molecule has 27 heavy (non-hydrogen) atoms. The maximum absolute atomic E-state index is 12.6. The standard InChI is InChI=1S/C21H18N4O2/c26-20-10-16-6-2-1-5-15(16)9-19(20)21(27)23-11-17-7-3-4-8-18(17)12-25-14-22-13-24-25/h1-10,13-14,26H,11-12H2,(H,23,27). The number of hydrogen-bond acceptors (Lipinski definition) is 4. The molecule has 0 aliphatic carbocycles. The van der Waals surface area contributed by atoms with Crippen LogP contribution in [0, 0.1) is 0 Å². The highest BCUT2D eigenvalue weighted by molar-refractivity contribution is 6.01. The van der Waals surface area contributed by atoms with E-state index in [1.54, 1.807) is 23.1 Å². The van der Waals surface area contributed by atoms with Crippen molar-refractivity contribution in [2.75, 3.05) is 0 Å². The molecule has 1 heterocycles. The number of carbonyl (C=O) groups is 1. The van der Waals surface area contributed by atoms with Crippen LogP contribution in [0.4, 0.5) is 0 Å². The normalized spacial score (nSPS) is 10.8. The SMILES string of the molecule is O=C(NCc1ccccc1Cn1cncn1)c1cc2ccccc2cc1O. The third-order valence-corrected chi connectivity index (χ3v) is 4.47. The van der Waals surface area contributed by atoms with E-state index in [-0.39, 0.29) is 17.2 Å². The quantitative estimate of drug-likeness (QED) is 0.574. The largest absolute Gasteiger partial charge is 0.507 e. The molecular formula is C21H18N4O2. The predicted octanol–water partition coefficient (Wildman–Crippen LogP) is 3.12. The third kappa shape index (κ3) is 3.64. The van der Waals surface area contributed by atoms with Crippen molar-refractivity contribution in [1.29, 1.82) is 0 Å². The Bertz CT molecular complexity index is 1090. The summed E-state index contributed by atoms with van der Waals surface area (Å²) in [4.78, 5) is 16.6. The number of rotatable bonds is 5. The number of fused-ring (bicyclic) bond motifs is 1. The summed E-state index contributed by atoms with van der Waals surface area (Å²) in [7, 11) is 0. The van der Waals surface area contributed by atoms with Gasteiger partial charge in [-0.1, -0.05) is 48.5 Å². The number of aromatic nitrogens is 3. The van der Waals surface area contributed by atoms with E-state index >= 15 is 0 Å². The molecule has 6 heteroatoms. The van der Waals surface area contributed by atoms with Crippen LogP contribution in [0.1, 0.15) is 21.5 Å². The van der Waals surface area contributed by atoms with Gasteiger partial charge in [0.1, 0.15) is 18.4 Å². The number of nitrogens with one attached hydrogen (secondary N) is 1. The zero-order chi connectivity index (χ0) is 18.6. The lowest BCUT2D eigenvalue weighted by Gasteiger charge is -2.12. The molecule has 0 aliphatic heterocycles. The van der Waals surface area contributed by atoms with Gasteiger partial charge < -0.3 is 10.4 Å². The summed E-state index contributed by atoms with van der Waals surface area (Å²) in [6.45, 7) is 0.934. The minimum atomic E-state index is -0.311. The van der Waals surface area contributed by atoms with Crippen LogP contribution >= 0.6 is 0 Å². The minimum Gasteiger partial charge on any atom is -0.507 e. The number of carbonyl (C=O) groups excluding carboxylic acids is 1. The molecule has 6 nitrogen and oxygen atoms in total. The van der Waals surface area contributed by atoms with Crippen molar-refractivity contribution in [3.63, 3.8) is 0 Å². The second-order valence-electron chi connectivity index (χ2n) is 6.26. The monoisotopic (exact) mass is 358 g/mol. The second-order valence-corrected chi connectivity index (χ2v) is 6.26. The van der Waals surface area contributed by atoms with Gasteiger partial charge in [-0.05, 0) is 34.0 Å². The highest BCUT2D eigenvalue weighted by Gasteiger charge is 2.13. The van der Waals surface area contributed by atoms with Crippen molar-refractivity contribution in [3.8, 4) is 5.75 Å². The van der Waals surface area contributed by atoms with Crippen molar-refractivity contribution in [2.24, 2.45) is 0 Å². The zero-order valence-electron chi connectivity index (χ0n) is 14.5. The lowest BCUT2D eigenvalue weighted by Crippen LogP contribution is -2.23. The highest BCUT2D eigenvalue weighted by atomic mass is 16.3. The molecule has 4 rings (SSSR count). The molecular weight excluding hydrogens is 340 g/mol. The van der Waals surface area contributed by atoms with E-state index in [4.69, 9.17) is 0 Å². The number of aromatic hydroxyl groups is 1. The number of phenolic OH excluding ortho intramolecular Hbond substituents is 1. The summed E-state index contributed by atoms with van der Waals surface area (Å²) >= 11 is 0. The number of benzene rings is 3. The molecule has 2 N–H and O–H groups in total. The van der Waals surface area contributed by atoms with Crippen LogP contribution in [0.25, 0.3) is 10.8 Å². The van der Waals surface area contributed by atoms with Crippen LogP contribution in [0.5, 0.6) is 5.75 Å². The first-order valence-electron chi connectivity index (χ1n) is 8.60. The Morgan fingerprint density at radius 2 is 1.70 bits per heavy atom. The Hall–Kier alpha value is -3.67. The molecule has 134 valence electrons. The van der Waals surface area contributed by atoms with Gasteiger partial charge in [0.25, 0.3) is 5.91 Å². The van der Waals surface area contributed by atoms with E-state index in [0.29, 0.717) is 13.1 Å². The molecule has 0 saturated heterocycles. The van der Waals surface area contributed by atoms with Crippen molar-refractivity contribution >= 4 is 16.7 Å². The molecule has 4 aromatic rings. The molecule has 1 amide bonds. The summed E-state index contributed by atoms with van der Waals surface area (Å²) in [5, 5.41) is 19.0. The van der Waals surface area contributed by atoms with E-state index in [0.717, 1.165) is 21.9 Å². The number of amides is 1. The van der Waals surface area contributed by atoms with E-state index in [2.05, 4.69) is 15.4 Å². The fourth-order valence-electron chi connectivity index (χ4n) is 3.05. The number of hydrogen-bond donors (Lipinski definition) is 2. The third-order valence-electron chi connectivity index (χ3n) is 4.47. The summed E-state index contributed by atoms with van der Waals surface area (Å²) in [6, 6.07) is 18.8. The molecule has 0 atom stereocenters. The van der Waals surface area contributed by atoms with Gasteiger partial charge in [-0.25, -0.2) is 9.67 Å². The van der Waals surface area contributed by atoms with E-state index in [1.165, 1.54) is 6.33 Å². The Morgan fingerprint density at radius 1 is 1.00 bits per heavy atom. The van der Waals surface area contributed by atoms with Gasteiger partial charge in [-0.3, -0.25) is 4.79 Å². The summed E-state index contributed by atoms with van der Waals surface area (Å²) in [6.07, 6.45) is 3.15. The molecule has 0 fully saturated rings. The Labute approximate surface area is 156 Å². The lowest BCUT2D eigenvalue weighted by molar-refractivity contribution is 0.0948. The fraction of sp³-hybridized carbons (Fsp3) is 0.0952. The Balaban J connectivity index is 1.52. The molecule has 0 bridgehead atoms. The molecule has 0 radical (unpaired) electrons. The number of nitrogens with zero attached hydrogens (tertiary/aromatic N) is 3.